The summed E-state index contributed by atoms with van der Waals surface area (Å²) in [5.41, 5.74) is 1.12. The lowest BCUT2D eigenvalue weighted by Gasteiger charge is -2.38. The predicted molar refractivity (Wildman–Crippen MR) is 96.3 cm³/mol. The van der Waals surface area contributed by atoms with Crippen molar-refractivity contribution < 1.29 is 9.59 Å². The Morgan fingerprint density at radius 1 is 1.12 bits per heavy atom. The molecule has 25 heavy (non-hydrogen) atoms. The van der Waals surface area contributed by atoms with Crippen LogP contribution in [-0.2, 0) is 9.59 Å². The standard InChI is InChI=1S/C19H22N4O2/c1-21-16(6-7-18(21)24)19(25)23-10-8-22(9-11-23)17-13-20-12-14-4-2-3-5-15(14)17/h2-5,12-13,16H,6-11H2,1H3/t16-/m1/s1. The number of pyridine rings is 1. The highest BCUT2D eigenvalue weighted by atomic mass is 16.2. The number of nitrogens with zero attached hydrogens (tertiary/aromatic N) is 4. The number of carbonyl (C=O) groups is 2. The van der Waals surface area contributed by atoms with E-state index >= 15 is 0 Å². The van der Waals surface area contributed by atoms with Gasteiger partial charge in [0.2, 0.25) is 11.8 Å². The minimum atomic E-state index is -0.279. The molecule has 4 rings (SSSR count). The second kappa shape index (κ2) is 6.35. The van der Waals surface area contributed by atoms with E-state index in [2.05, 4.69) is 22.0 Å². The van der Waals surface area contributed by atoms with Gasteiger partial charge in [0, 0.05) is 56.6 Å². The number of likely N-dealkylation sites (N-methyl/N-ethyl adjacent to an activating group) is 1. The topological polar surface area (TPSA) is 56.8 Å². The highest BCUT2D eigenvalue weighted by Crippen LogP contribution is 2.27. The maximum Gasteiger partial charge on any atom is 0.245 e. The zero-order valence-corrected chi connectivity index (χ0v) is 14.4. The second-order valence-corrected chi connectivity index (χ2v) is 6.75. The Morgan fingerprint density at radius 2 is 1.88 bits per heavy atom. The number of likely N-dealkylation sites (tertiary alicyclic amines) is 1. The van der Waals surface area contributed by atoms with Gasteiger partial charge in [-0.25, -0.2) is 0 Å². The van der Waals surface area contributed by atoms with Crippen LogP contribution in [0.3, 0.4) is 0 Å². The molecule has 0 saturated carbocycles. The zero-order valence-electron chi connectivity index (χ0n) is 14.4. The van der Waals surface area contributed by atoms with E-state index in [1.165, 1.54) is 5.39 Å². The quantitative estimate of drug-likeness (QED) is 0.833. The summed E-state index contributed by atoms with van der Waals surface area (Å²) < 4.78 is 0. The van der Waals surface area contributed by atoms with Gasteiger partial charge in [0.1, 0.15) is 6.04 Å². The molecule has 6 nitrogen and oxygen atoms in total. The first-order valence-corrected chi connectivity index (χ1v) is 8.77. The molecule has 2 aliphatic rings. The molecule has 0 aliphatic carbocycles. The van der Waals surface area contributed by atoms with Crippen molar-refractivity contribution in [1.82, 2.24) is 14.8 Å². The SMILES string of the molecule is CN1C(=O)CC[C@@H]1C(=O)N1CCN(c2cncc3ccccc23)CC1. The Hall–Kier alpha value is -2.63. The molecule has 0 radical (unpaired) electrons. The van der Waals surface area contributed by atoms with Gasteiger partial charge in [-0.1, -0.05) is 24.3 Å². The molecule has 2 fully saturated rings. The van der Waals surface area contributed by atoms with Gasteiger partial charge in [-0.3, -0.25) is 14.6 Å². The Morgan fingerprint density at radius 3 is 2.60 bits per heavy atom. The lowest BCUT2D eigenvalue weighted by molar-refractivity contribution is -0.140. The normalized spacial score (nSPS) is 21.2. The molecule has 2 amide bonds. The third-order valence-corrected chi connectivity index (χ3v) is 5.36. The molecule has 1 aromatic carbocycles. The molecule has 0 spiro atoms. The van der Waals surface area contributed by atoms with E-state index in [4.69, 9.17) is 0 Å². The van der Waals surface area contributed by atoms with Crippen LogP contribution in [0.25, 0.3) is 10.8 Å². The number of aromatic nitrogens is 1. The first-order valence-electron chi connectivity index (χ1n) is 8.77. The van der Waals surface area contributed by atoms with Crippen molar-refractivity contribution in [2.75, 3.05) is 38.1 Å². The number of fused-ring (bicyclic) bond motifs is 1. The van der Waals surface area contributed by atoms with Crippen molar-refractivity contribution in [2.24, 2.45) is 0 Å². The van der Waals surface area contributed by atoms with E-state index in [1.807, 2.05) is 29.4 Å². The highest BCUT2D eigenvalue weighted by molar-refractivity contribution is 5.94. The molecule has 6 heteroatoms. The fourth-order valence-electron chi connectivity index (χ4n) is 3.82. The fourth-order valence-corrected chi connectivity index (χ4v) is 3.82. The minimum Gasteiger partial charge on any atom is -0.366 e. The van der Waals surface area contributed by atoms with E-state index in [9.17, 15) is 9.59 Å². The van der Waals surface area contributed by atoms with Gasteiger partial charge < -0.3 is 14.7 Å². The van der Waals surface area contributed by atoms with Crippen molar-refractivity contribution in [3.63, 3.8) is 0 Å². The number of hydrogen-bond acceptors (Lipinski definition) is 4. The summed E-state index contributed by atoms with van der Waals surface area (Å²) in [6.07, 6.45) is 4.91. The van der Waals surface area contributed by atoms with Gasteiger partial charge in [0.15, 0.2) is 0 Å². The number of carbonyl (C=O) groups excluding carboxylic acids is 2. The smallest absolute Gasteiger partial charge is 0.245 e. The molecule has 3 heterocycles. The third kappa shape index (κ3) is 2.81. The summed E-state index contributed by atoms with van der Waals surface area (Å²) in [7, 11) is 1.73. The van der Waals surface area contributed by atoms with E-state index in [1.54, 1.807) is 11.9 Å². The Bertz CT molecular complexity index is 809. The van der Waals surface area contributed by atoms with Gasteiger partial charge in [-0.15, -0.1) is 0 Å². The second-order valence-electron chi connectivity index (χ2n) is 6.75. The van der Waals surface area contributed by atoms with Crippen LogP contribution in [0.15, 0.2) is 36.7 Å². The van der Waals surface area contributed by atoms with Crippen molar-refractivity contribution >= 4 is 28.3 Å². The van der Waals surface area contributed by atoms with Crippen LogP contribution in [0.4, 0.5) is 5.69 Å². The number of benzene rings is 1. The van der Waals surface area contributed by atoms with Gasteiger partial charge in [-0.2, -0.15) is 0 Å². The van der Waals surface area contributed by atoms with E-state index in [0.29, 0.717) is 25.9 Å². The van der Waals surface area contributed by atoms with Gasteiger partial charge in [0.05, 0.1) is 11.9 Å². The van der Waals surface area contributed by atoms with Crippen molar-refractivity contribution in [3.05, 3.63) is 36.7 Å². The Kier molecular flexibility index (Phi) is 4.03. The third-order valence-electron chi connectivity index (χ3n) is 5.36. The minimum absolute atomic E-state index is 0.0683. The molecule has 0 unspecified atom stereocenters. The lowest BCUT2D eigenvalue weighted by Crippen LogP contribution is -2.53. The molecule has 2 aliphatic heterocycles. The first kappa shape index (κ1) is 15.9. The number of rotatable bonds is 2. The zero-order chi connectivity index (χ0) is 17.4. The molecule has 130 valence electrons. The maximum absolute atomic E-state index is 12.7. The highest BCUT2D eigenvalue weighted by Gasteiger charge is 2.36. The van der Waals surface area contributed by atoms with Gasteiger partial charge >= 0.3 is 0 Å². The van der Waals surface area contributed by atoms with Gasteiger partial charge in [-0.05, 0) is 6.42 Å². The molecular formula is C19H22N4O2. The predicted octanol–water partition coefficient (Wildman–Crippen LogP) is 1.50. The maximum atomic E-state index is 12.7. The van der Waals surface area contributed by atoms with Crippen LogP contribution in [0, 0.1) is 0 Å². The van der Waals surface area contributed by atoms with E-state index in [0.717, 1.165) is 24.2 Å². The molecule has 2 aromatic rings. The van der Waals surface area contributed by atoms with Crippen LogP contribution in [0.5, 0.6) is 0 Å². The Balaban J connectivity index is 1.46. The average Bonchev–Trinajstić information content (AvgIpc) is 3.00. The van der Waals surface area contributed by atoms with Gasteiger partial charge in [0.25, 0.3) is 0 Å². The number of piperazine rings is 1. The molecule has 1 aromatic heterocycles. The van der Waals surface area contributed by atoms with Crippen molar-refractivity contribution in [2.45, 2.75) is 18.9 Å². The molecular weight excluding hydrogens is 316 g/mol. The average molecular weight is 338 g/mol. The van der Waals surface area contributed by atoms with Crippen LogP contribution < -0.4 is 4.90 Å². The van der Waals surface area contributed by atoms with Crippen LogP contribution in [-0.4, -0.2) is 65.9 Å². The summed E-state index contributed by atoms with van der Waals surface area (Å²) in [6.45, 7) is 2.93. The van der Waals surface area contributed by atoms with Crippen LogP contribution >= 0.6 is 0 Å². The monoisotopic (exact) mass is 338 g/mol. The number of anilines is 1. The summed E-state index contributed by atoms with van der Waals surface area (Å²) in [6, 6.07) is 7.96. The van der Waals surface area contributed by atoms with Crippen molar-refractivity contribution in [1.29, 1.82) is 0 Å². The fraction of sp³-hybridized carbons (Fsp3) is 0.421. The summed E-state index contributed by atoms with van der Waals surface area (Å²) in [5.74, 6) is 0.155. The summed E-state index contributed by atoms with van der Waals surface area (Å²) in [5, 5.41) is 2.32. The molecule has 2 saturated heterocycles. The van der Waals surface area contributed by atoms with Crippen LogP contribution in [0.2, 0.25) is 0 Å². The number of hydrogen-bond donors (Lipinski definition) is 0. The summed E-state index contributed by atoms with van der Waals surface area (Å²) >= 11 is 0. The number of amides is 2. The van der Waals surface area contributed by atoms with E-state index in [-0.39, 0.29) is 17.9 Å². The molecule has 0 bridgehead atoms. The molecule has 1 atom stereocenters. The van der Waals surface area contributed by atoms with E-state index < -0.39 is 0 Å². The lowest BCUT2D eigenvalue weighted by atomic mass is 10.1. The Labute approximate surface area is 147 Å². The molecule has 0 N–H and O–H groups in total. The van der Waals surface area contributed by atoms with Crippen LogP contribution in [0.1, 0.15) is 12.8 Å². The first-order chi connectivity index (χ1) is 12.1. The van der Waals surface area contributed by atoms with Crippen molar-refractivity contribution in [3.8, 4) is 0 Å². The summed E-state index contributed by atoms with van der Waals surface area (Å²) in [4.78, 5) is 34.5. The largest absolute Gasteiger partial charge is 0.366 e.